The molecule has 0 radical (unpaired) electrons. The van der Waals surface area contributed by atoms with Gasteiger partial charge in [-0.2, -0.15) is 0 Å². The molecule has 1 atom stereocenters. The van der Waals surface area contributed by atoms with Crippen LogP contribution >= 0.6 is 0 Å². The van der Waals surface area contributed by atoms with E-state index < -0.39 is 23.7 Å². The van der Waals surface area contributed by atoms with Gasteiger partial charge in [0.05, 0.1) is 18.3 Å². The van der Waals surface area contributed by atoms with Gasteiger partial charge < -0.3 is 14.8 Å². The minimum Gasteiger partial charge on any atom is -0.334 e. The van der Waals surface area contributed by atoms with Crippen LogP contribution in [0.15, 0.2) is 85.1 Å². The van der Waals surface area contributed by atoms with Crippen LogP contribution in [0.1, 0.15) is 28.4 Å². The van der Waals surface area contributed by atoms with E-state index >= 15 is 0 Å². The topological polar surface area (TPSA) is 37.3 Å². The smallest absolute Gasteiger partial charge is 0.318 e. The Morgan fingerprint density at radius 2 is 1.61 bits per heavy atom. The Kier molecular flexibility index (Phi) is 5.38. The second-order valence-electron chi connectivity index (χ2n) is 7.95. The molecule has 5 rings (SSSR count). The number of urea groups is 1. The van der Waals surface area contributed by atoms with Crippen LogP contribution in [0.3, 0.4) is 0 Å². The van der Waals surface area contributed by atoms with Crippen molar-refractivity contribution in [1.29, 1.82) is 0 Å². The van der Waals surface area contributed by atoms with Crippen molar-refractivity contribution in [3.63, 3.8) is 0 Å². The van der Waals surface area contributed by atoms with Crippen LogP contribution in [-0.2, 0) is 13.1 Å². The molecule has 0 saturated heterocycles. The van der Waals surface area contributed by atoms with Crippen molar-refractivity contribution in [2.45, 2.75) is 19.1 Å². The third-order valence-electron chi connectivity index (χ3n) is 5.78. The predicted molar refractivity (Wildman–Crippen MR) is 118 cm³/mol. The highest BCUT2D eigenvalue weighted by atomic mass is 19.1. The van der Waals surface area contributed by atoms with Crippen molar-refractivity contribution in [3.05, 3.63) is 125 Å². The first-order valence-electron chi connectivity index (χ1n) is 10.5. The van der Waals surface area contributed by atoms with E-state index in [4.69, 9.17) is 0 Å². The molecule has 0 bridgehead atoms. The molecular formula is C26H20F3N3O. The first kappa shape index (κ1) is 20.9. The summed E-state index contributed by atoms with van der Waals surface area (Å²) in [4.78, 5) is 15.0. The van der Waals surface area contributed by atoms with Crippen molar-refractivity contribution in [2.24, 2.45) is 0 Å². The molecule has 0 fully saturated rings. The van der Waals surface area contributed by atoms with E-state index in [9.17, 15) is 18.0 Å². The number of nitrogens with zero attached hydrogens (tertiary/aromatic N) is 2. The largest absolute Gasteiger partial charge is 0.334 e. The molecule has 33 heavy (non-hydrogen) atoms. The van der Waals surface area contributed by atoms with Gasteiger partial charge in [0.1, 0.15) is 17.5 Å². The number of para-hydroxylation sites is 1. The van der Waals surface area contributed by atoms with Crippen molar-refractivity contribution in [2.75, 3.05) is 0 Å². The molecule has 2 heterocycles. The summed E-state index contributed by atoms with van der Waals surface area (Å²) in [5.41, 5.74) is 3.57. The maximum Gasteiger partial charge on any atom is 0.318 e. The maximum atomic E-state index is 14.2. The molecule has 7 heteroatoms. The first-order chi connectivity index (χ1) is 16.0. The SMILES string of the molecule is O=C(NCc1ccc(F)cc1)N1Cc2ccccc2-n2cccc2[C@H]1c1cc(F)cc(F)c1. The number of amides is 2. The number of fused-ring (bicyclic) bond motifs is 3. The van der Waals surface area contributed by atoms with Gasteiger partial charge in [-0.25, -0.2) is 18.0 Å². The molecule has 166 valence electrons. The summed E-state index contributed by atoms with van der Waals surface area (Å²) in [7, 11) is 0. The van der Waals surface area contributed by atoms with Gasteiger partial charge >= 0.3 is 6.03 Å². The second-order valence-corrected chi connectivity index (χ2v) is 7.95. The summed E-state index contributed by atoms with van der Waals surface area (Å²) in [6.45, 7) is 0.415. The highest BCUT2D eigenvalue weighted by Gasteiger charge is 2.33. The summed E-state index contributed by atoms with van der Waals surface area (Å²) < 4.78 is 43.5. The molecule has 0 spiro atoms. The average Bonchev–Trinajstić information content (AvgIpc) is 3.22. The Hall–Kier alpha value is -4.00. The molecule has 3 aromatic carbocycles. The summed E-state index contributed by atoms with van der Waals surface area (Å²) in [6.07, 6.45) is 1.87. The number of hydrogen-bond donors (Lipinski definition) is 1. The van der Waals surface area contributed by atoms with E-state index in [0.717, 1.165) is 22.9 Å². The molecule has 2 amide bonds. The minimum absolute atomic E-state index is 0.183. The lowest BCUT2D eigenvalue weighted by Gasteiger charge is -2.31. The van der Waals surface area contributed by atoms with Crippen molar-refractivity contribution in [1.82, 2.24) is 14.8 Å². The number of aromatic nitrogens is 1. The Bertz CT molecular complexity index is 1300. The Labute approximate surface area is 188 Å². The number of rotatable bonds is 3. The van der Waals surface area contributed by atoms with Gasteiger partial charge in [0.2, 0.25) is 0 Å². The third-order valence-corrected chi connectivity index (χ3v) is 5.78. The quantitative estimate of drug-likeness (QED) is 0.429. The maximum absolute atomic E-state index is 14.2. The van der Waals surface area contributed by atoms with Crippen LogP contribution in [0.4, 0.5) is 18.0 Å². The van der Waals surface area contributed by atoms with Crippen LogP contribution < -0.4 is 5.32 Å². The Balaban J connectivity index is 1.57. The second kappa shape index (κ2) is 8.50. The molecule has 0 aliphatic carbocycles. The minimum atomic E-state index is -0.731. The summed E-state index contributed by atoms with van der Waals surface area (Å²) >= 11 is 0. The lowest BCUT2D eigenvalue weighted by atomic mass is 10.0. The van der Waals surface area contributed by atoms with Gasteiger partial charge in [0.25, 0.3) is 0 Å². The van der Waals surface area contributed by atoms with Gasteiger partial charge in [0, 0.05) is 24.5 Å². The summed E-state index contributed by atoms with van der Waals surface area (Å²) in [5.74, 6) is -1.78. The lowest BCUT2D eigenvalue weighted by molar-refractivity contribution is 0.180. The Morgan fingerprint density at radius 1 is 0.879 bits per heavy atom. The standard InChI is InChI=1S/C26H20F3N3O/c27-20-9-7-17(8-10-20)15-30-26(33)32-16-18-4-1-2-5-23(18)31-11-3-6-24(31)25(32)19-12-21(28)14-22(29)13-19/h1-14,25H,15-16H2,(H,30,33)/t25-/m1/s1. The lowest BCUT2D eigenvalue weighted by Crippen LogP contribution is -2.41. The van der Waals surface area contributed by atoms with Crippen molar-refractivity contribution in [3.8, 4) is 5.69 Å². The van der Waals surface area contributed by atoms with Gasteiger partial charge in [-0.3, -0.25) is 0 Å². The van der Waals surface area contributed by atoms with E-state index in [1.807, 2.05) is 47.2 Å². The van der Waals surface area contributed by atoms with Gasteiger partial charge in [-0.05, 0) is 59.2 Å². The average molecular weight is 447 g/mol. The van der Waals surface area contributed by atoms with Crippen LogP contribution in [0.5, 0.6) is 0 Å². The van der Waals surface area contributed by atoms with Gasteiger partial charge in [-0.1, -0.05) is 30.3 Å². The van der Waals surface area contributed by atoms with Crippen LogP contribution in [0, 0.1) is 17.5 Å². The monoisotopic (exact) mass is 447 g/mol. The number of halogens is 3. The molecule has 1 N–H and O–H groups in total. The fraction of sp³-hybridized carbons (Fsp3) is 0.115. The zero-order valence-electron chi connectivity index (χ0n) is 17.5. The van der Waals surface area contributed by atoms with Crippen LogP contribution in [0.2, 0.25) is 0 Å². The zero-order chi connectivity index (χ0) is 22.9. The van der Waals surface area contributed by atoms with Gasteiger partial charge in [0.15, 0.2) is 0 Å². The number of carbonyl (C=O) groups is 1. The van der Waals surface area contributed by atoms with E-state index in [0.29, 0.717) is 11.3 Å². The number of benzene rings is 3. The van der Waals surface area contributed by atoms with E-state index in [-0.39, 0.29) is 18.9 Å². The molecule has 0 unspecified atom stereocenters. The summed E-state index contributed by atoms with van der Waals surface area (Å²) in [5, 5.41) is 2.87. The molecule has 1 aliphatic heterocycles. The van der Waals surface area contributed by atoms with E-state index in [1.54, 1.807) is 17.0 Å². The highest BCUT2D eigenvalue weighted by Crippen LogP contribution is 2.37. The molecule has 4 nitrogen and oxygen atoms in total. The van der Waals surface area contributed by atoms with Crippen LogP contribution in [0.25, 0.3) is 5.69 Å². The first-order valence-corrected chi connectivity index (χ1v) is 10.5. The third kappa shape index (κ3) is 4.09. The zero-order valence-corrected chi connectivity index (χ0v) is 17.5. The molecule has 0 saturated carbocycles. The fourth-order valence-electron chi connectivity index (χ4n) is 4.30. The Morgan fingerprint density at radius 3 is 2.36 bits per heavy atom. The van der Waals surface area contributed by atoms with Gasteiger partial charge in [-0.15, -0.1) is 0 Å². The predicted octanol–water partition coefficient (Wildman–Crippen LogP) is 5.71. The fourth-order valence-corrected chi connectivity index (χ4v) is 4.30. The number of carbonyl (C=O) groups excluding carboxylic acids is 1. The molecule has 1 aliphatic rings. The number of nitrogens with one attached hydrogen (secondary N) is 1. The number of hydrogen-bond acceptors (Lipinski definition) is 1. The molecule has 1 aromatic heterocycles. The molecule has 4 aromatic rings. The van der Waals surface area contributed by atoms with E-state index in [1.165, 1.54) is 24.3 Å². The normalized spacial score (nSPS) is 14.9. The molecular weight excluding hydrogens is 427 g/mol. The van der Waals surface area contributed by atoms with Crippen molar-refractivity contribution >= 4 is 6.03 Å². The summed E-state index contributed by atoms with van der Waals surface area (Å²) in [6, 6.07) is 19.4. The van der Waals surface area contributed by atoms with E-state index in [2.05, 4.69) is 5.32 Å². The highest BCUT2D eigenvalue weighted by molar-refractivity contribution is 5.76. The van der Waals surface area contributed by atoms with Crippen molar-refractivity contribution < 1.29 is 18.0 Å². The van der Waals surface area contributed by atoms with Crippen LogP contribution in [-0.4, -0.2) is 15.5 Å².